The Kier molecular flexibility index (Phi) is 6.76. The molecule has 0 radical (unpaired) electrons. The molecule has 1 aliphatic rings. The largest absolute Gasteiger partial charge is 0.493 e. The molecule has 0 saturated carbocycles. The van der Waals surface area contributed by atoms with E-state index in [4.69, 9.17) is 15.3 Å². The Morgan fingerprint density at radius 1 is 1.36 bits per heavy atom. The van der Waals surface area contributed by atoms with Crippen LogP contribution in [0.15, 0.2) is 23.4 Å². The van der Waals surface area contributed by atoms with Gasteiger partial charge in [0.2, 0.25) is 11.1 Å². The number of rotatable bonds is 7. The number of thiophene rings is 1. The summed E-state index contributed by atoms with van der Waals surface area (Å²) in [6.45, 7) is 2.21. The normalized spacial score (nSPS) is 14.9. The van der Waals surface area contributed by atoms with Gasteiger partial charge in [-0.1, -0.05) is 18.7 Å². The van der Waals surface area contributed by atoms with Crippen molar-refractivity contribution in [2.75, 3.05) is 31.1 Å². The number of nitrogens with two attached hydrogens (primary N) is 1. The predicted molar refractivity (Wildman–Crippen MR) is 128 cm³/mol. The number of hydrogen-bond acceptors (Lipinski definition) is 9. The second kappa shape index (κ2) is 9.72. The maximum atomic E-state index is 12.6. The Balaban J connectivity index is 1.44. The second-order valence-corrected chi connectivity index (χ2v) is 9.80. The molecule has 0 bridgehead atoms. The van der Waals surface area contributed by atoms with Crippen LogP contribution in [0.3, 0.4) is 0 Å². The fourth-order valence-electron chi connectivity index (χ4n) is 3.80. The average molecular weight is 485 g/mol. The van der Waals surface area contributed by atoms with Gasteiger partial charge in [0.15, 0.2) is 17.3 Å². The number of nitrogen functional groups attached to an aromatic ring is 1. The molecule has 2 heterocycles. The number of anilines is 1. The smallest absolute Gasteiger partial charge is 0.235 e. The summed E-state index contributed by atoms with van der Waals surface area (Å²) in [5.41, 5.74) is 2.39. The molecule has 172 valence electrons. The Bertz CT molecular complexity index is 1230. The Morgan fingerprint density at radius 3 is 2.88 bits per heavy atom. The standard InChI is InChI=1S/C22H24N6O3S2/c1-12-4-6-14-15(10-23)21(33-18(14)8-12)25-19(29)11-32-22-27-26-20(28(22)24)13-5-7-16(30-2)17(9-13)31-3/h5,7,9,12H,4,6,8,11,24H2,1-3H3,(H,25,29)/t12-/m0/s1. The van der Waals surface area contributed by atoms with Gasteiger partial charge in [-0.05, 0) is 48.9 Å². The summed E-state index contributed by atoms with van der Waals surface area (Å²) in [5, 5.41) is 21.8. The third kappa shape index (κ3) is 4.62. The summed E-state index contributed by atoms with van der Waals surface area (Å²) in [6.07, 6.45) is 2.90. The molecule has 2 aromatic heterocycles. The van der Waals surface area contributed by atoms with Gasteiger partial charge in [-0.25, -0.2) is 4.68 Å². The number of carbonyl (C=O) groups is 1. The average Bonchev–Trinajstić information content (AvgIpc) is 3.35. The minimum absolute atomic E-state index is 0.0884. The zero-order valence-corrected chi connectivity index (χ0v) is 20.2. The van der Waals surface area contributed by atoms with Crippen LogP contribution in [0.2, 0.25) is 0 Å². The van der Waals surface area contributed by atoms with E-state index in [-0.39, 0.29) is 11.7 Å². The first kappa shape index (κ1) is 22.9. The number of thioether (sulfide) groups is 1. The quantitative estimate of drug-likeness (QED) is 0.385. The van der Waals surface area contributed by atoms with Crippen molar-refractivity contribution in [1.29, 1.82) is 5.26 Å². The van der Waals surface area contributed by atoms with Gasteiger partial charge in [0, 0.05) is 10.4 Å². The molecule has 11 heteroatoms. The van der Waals surface area contributed by atoms with Crippen molar-refractivity contribution in [2.24, 2.45) is 5.92 Å². The van der Waals surface area contributed by atoms with Gasteiger partial charge in [0.25, 0.3) is 0 Å². The third-order valence-corrected chi connectivity index (χ3v) is 7.63. The summed E-state index contributed by atoms with van der Waals surface area (Å²) >= 11 is 2.68. The Hall–Kier alpha value is -3.23. The van der Waals surface area contributed by atoms with Crippen molar-refractivity contribution in [2.45, 2.75) is 31.3 Å². The van der Waals surface area contributed by atoms with Crippen molar-refractivity contribution >= 4 is 34.0 Å². The molecule has 1 aromatic carbocycles. The van der Waals surface area contributed by atoms with E-state index in [1.54, 1.807) is 32.4 Å². The minimum Gasteiger partial charge on any atom is -0.493 e. The van der Waals surface area contributed by atoms with Crippen LogP contribution in [-0.4, -0.2) is 40.8 Å². The van der Waals surface area contributed by atoms with Gasteiger partial charge >= 0.3 is 0 Å². The fraction of sp³-hybridized carbons (Fsp3) is 0.364. The molecule has 0 spiro atoms. The number of hydrogen-bond donors (Lipinski definition) is 2. The number of carbonyl (C=O) groups excluding carboxylic acids is 1. The van der Waals surface area contributed by atoms with Gasteiger partial charge in [0.1, 0.15) is 11.1 Å². The van der Waals surface area contributed by atoms with Crippen LogP contribution in [0, 0.1) is 17.2 Å². The monoisotopic (exact) mass is 484 g/mol. The highest BCUT2D eigenvalue weighted by Gasteiger charge is 2.25. The molecular formula is C22H24N6O3S2. The van der Waals surface area contributed by atoms with E-state index in [2.05, 4.69) is 28.5 Å². The number of nitrogens with one attached hydrogen (secondary N) is 1. The fourth-order valence-corrected chi connectivity index (χ4v) is 5.83. The number of methoxy groups -OCH3 is 2. The predicted octanol–water partition coefficient (Wildman–Crippen LogP) is 3.46. The summed E-state index contributed by atoms with van der Waals surface area (Å²) in [5.74, 6) is 8.23. The summed E-state index contributed by atoms with van der Waals surface area (Å²) in [6, 6.07) is 7.59. The maximum Gasteiger partial charge on any atom is 0.235 e. The van der Waals surface area contributed by atoms with Crippen LogP contribution in [-0.2, 0) is 17.6 Å². The van der Waals surface area contributed by atoms with Crippen molar-refractivity contribution in [3.8, 4) is 29.0 Å². The first-order chi connectivity index (χ1) is 15.9. The lowest BCUT2D eigenvalue weighted by atomic mass is 9.89. The molecule has 0 unspecified atom stereocenters. The number of nitrogens with zero attached hydrogens (tertiary/aromatic N) is 4. The van der Waals surface area contributed by atoms with E-state index >= 15 is 0 Å². The van der Waals surface area contributed by atoms with E-state index in [1.807, 2.05) is 0 Å². The van der Waals surface area contributed by atoms with Crippen LogP contribution in [0.4, 0.5) is 5.00 Å². The van der Waals surface area contributed by atoms with Crippen molar-refractivity contribution in [3.05, 3.63) is 34.2 Å². The van der Waals surface area contributed by atoms with Gasteiger partial charge in [-0.3, -0.25) is 4.79 Å². The van der Waals surface area contributed by atoms with Crippen LogP contribution in [0.1, 0.15) is 29.3 Å². The van der Waals surface area contributed by atoms with E-state index < -0.39 is 0 Å². The molecule has 1 amide bonds. The molecule has 4 rings (SSSR count). The molecule has 9 nitrogen and oxygen atoms in total. The first-order valence-electron chi connectivity index (χ1n) is 10.3. The zero-order chi connectivity index (χ0) is 23.5. The third-order valence-electron chi connectivity index (χ3n) is 5.52. The number of amides is 1. The molecule has 33 heavy (non-hydrogen) atoms. The second-order valence-electron chi connectivity index (χ2n) is 7.75. The van der Waals surface area contributed by atoms with Crippen LogP contribution in [0.5, 0.6) is 11.5 Å². The van der Waals surface area contributed by atoms with Gasteiger partial charge in [-0.15, -0.1) is 21.5 Å². The van der Waals surface area contributed by atoms with Gasteiger partial charge < -0.3 is 20.6 Å². The summed E-state index contributed by atoms with van der Waals surface area (Å²) < 4.78 is 11.9. The van der Waals surface area contributed by atoms with Crippen molar-refractivity contribution < 1.29 is 14.3 Å². The SMILES string of the molecule is COc1ccc(-c2nnc(SCC(=O)Nc3sc4c(c3C#N)CC[C@H](C)C4)n2N)cc1OC. The van der Waals surface area contributed by atoms with Gasteiger partial charge in [0.05, 0.1) is 25.5 Å². The van der Waals surface area contributed by atoms with E-state index in [1.165, 1.54) is 32.7 Å². The van der Waals surface area contributed by atoms with E-state index in [9.17, 15) is 10.1 Å². The lowest BCUT2D eigenvalue weighted by molar-refractivity contribution is -0.113. The molecule has 0 aliphatic heterocycles. The molecular weight excluding hydrogens is 460 g/mol. The molecule has 1 atom stereocenters. The van der Waals surface area contributed by atoms with Crippen LogP contribution >= 0.6 is 23.1 Å². The zero-order valence-electron chi connectivity index (χ0n) is 18.5. The highest BCUT2D eigenvalue weighted by molar-refractivity contribution is 7.99. The lowest BCUT2D eigenvalue weighted by Crippen LogP contribution is -2.16. The highest BCUT2D eigenvalue weighted by atomic mass is 32.2. The molecule has 3 aromatic rings. The first-order valence-corrected chi connectivity index (χ1v) is 12.2. The van der Waals surface area contributed by atoms with Gasteiger partial charge in [-0.2, -0.15) is 5.26 Å². The summed E-state index contributed by atoms with van der Waals surface area (Å²) in [4.78, 5) is 13.8. The molecule has 3 N–H and O–H groups in total. The number of ether oxygens (including phenoxy) is 2. The molecule has 0 saturated heterocycles. The van der Waals surface area contributed by atoms with Crippen molar-refractivity contribution in [1.82, 2.24) is 14.9 Å². The van der Waals surface area contributed by atoms with E-state index in [0.717, 1.165) is 24.8 Å². The van der Waals surface area contributed by atoms with Crippen LogP contribution < -0.4 is 20.6 Å². The number of aromatic nitrogens is 3. The Labute approximate surface area is 199 Å². The molecule has 1 aliphatic carbocycles. The number of fused-ring (bicyclic) bond motifs is 1. The minimum atomic E-state index is -0.223. The molecule has 0 fully saturated rings. The van der Waals surface area contributed by atoms with Crippen molar-refractivity contribution in [3.63, 3.8) is 0 Å². The van der Waals surface area contributed by atoms with Crippen LogP contribution in [0.25, 0.3) is 11.4 Å². The lowest BCUT2D eigenvalue weighted by Gasteiger charge is -2.17. The highest BCUT2D eigenvalue weighted by Crippen LogP contribution is 2.39. The number of nitriles is 1. The maximum absolute atomic E-state index is 12.6. The topological polar surface area (TPSA) is 128 Å². The summed E-state index contributed by atoms with van der Waals surface area (Å²) in [7, 11) is 3.12. The number of benzene rings is 1. The Morgan fingerprint density at radius 2 is 2.15 bits per heavy atom. The van der Waals surface area contributed by atoms with E-state index in [0.29, 0.717) is 44.5 Å².